The molecule has 1 N–H and O–H groups in total. The minimum Gasteiger partial charge on any atom is -0.306 e. The number of hydrogen-bond acceptors (Lipinski definition) is 3. The molecule has 2 rings (SSSR count). The van der Waals surface area contributed by atoms with Crippen molar-refractivity contribution < 1.29 is 0 Å². The van der Waals surface area contributed by atoms with Crippen LogP contribution in [-0.4, -0.2) is 24.9 Å². The molecule has 0 aliphatic heterocycles. The zero-order valence-electron chi connectivity index (χ0n) is 11.5. The number of nitrogens with one attached hydrogen (secondary N) is 1. The van der Waals surface area contributed by atoms with Gasteiger partial charge in [-0.25, -0.2) is 4.98 Å². The van der Waals surface area contributed by atoms with Gasteiger partial charge in [0.15, 0.2) is 0 Å². The van der Waals surface area contributed by atoms with E-state index >= 15 is 0 Å². The summed E-state index contributed by atoms with van der Waals surface area (Å²) in [5.41, 5.74) is 2.29. The molecule has 0 atom stereocenters. The molecule has 18 heavy (non-hydrogen) atoms. The molecule has 5 nitrogen and oxygen atoms in total. The summed E-state index contributed by atoms with van der Waals surface area (Å²) in [5.74, 6) is 0. The van der Waals surface area contributed by atoms with Crippen LogP contribution in [0.2, 0.25) is 0 Å². The number of aryl methyl sites for hydroxylation is 1. The van der Waals surface area contributed by atoms with Gasteiger partial charge in [0.05, 0.1) is 23.9 Å². The summed E-state index contributed by atoms with van der Waals surface area (Å²) in [6.07, 6.45) is 7.62. The van der Waals surface area contributed by atoms with Gasteiger partial charge in [-0.15, -0.1) is 0 Å². The predicted octanol–water partition coefficient (Wildman–Crippen LogP) is 1.98. The fourth-order valence-electron chi connectivity index (χ4n) is 1.69. The zero-order chi connectivity index (χ0) is 13.2. The van der Waals surface area contributed by atoms with E-state index in [1.54, 1.807) is 0 Å². The lowest BCUT2D eigenvalue weighted by molar-refractivity contribution is 0.419. The van der Waals surface area contributed by atoms with Gasteiger partial charge in [0, 0.05) is 31.0 Å². The maximum Gasteiger partial charge on any atom is 0.0995 e. The fourth-order valence-corrected chi connectivity index (χ4v) is 1.69. The standard InChI is InChI=1S/C13H21N5/c1-5-17-9-12(8-16-17)18-10-14-6-11(18)7-15-13(2,3)4/h6,8-10,15H,5,7H2,1-4H3. The minimum absolute atomic E-state index is 0.0999. The molecule has 0 unspecified atom stereocenters. The van der Waals surface area contributed by atoms with Gasteiger partial charge in [0.2, 0.25) is 0 Å². The third-order valence-electron chi connectivity index (χ3n) is 2.74. The molecule has 0 aromatic carbocycles. The number of nitrogens with zero attached hydrogens (tertiary/aromatic N) is 4. The molecule has 0 saturated carbocycles. The first-order valence-corrected chi connectivity index (χ1v) is 6.28. The van der Waals surface area contributed by atoms with Crippen LogP contribution in [0.3, 0.4) is 0 Å². The minimum atomic E-state index is 0.0999. The Labute approximate surface area is 108 Å². The first-order valence-electron chi connectivity index (χ1n) is 6.28. The SMILES string of the molecule is CCn1cc(-n2cncc2CNC(C)(C)C)cn1. The smallest absolute Gasteiger partial charge is 0.0995 e. The lowest BCUT2D eigenvalue weighted by Gasteiger charge is -2.20. The summed E-state index contributed by atoms with van der Waals surface area (Å²) in [7, 11) is 0. The van der Waals surface area contributed by atoms with Crippen molar-refractivity contribution in [1.29, 1.82) is 0 Å². The molecular weight excluding hydrogens is 226 g/mol. The van der Waals surface area contributed by atoms with E-state index in [1.807, 2.05) is 29.6 Å². The molecule has 5 heteroatoms. The highest BCUT2D eigenvalue weighted by Gasteiger charge is 2.11. The Morgan fingerprint density at radius 3 is 2.67 bits per heavy atom. The molecular formula is C13H21N5. The molecule has 98 valence electrons. The van der Waals surface area contributed by atoms with Crippen LogP contribution < -0.4 is 5.32 Å². The van der Waals surface area contributed by atoms with Gasteiger partial charge in [0.1, 0.15) is 0 Å². The molecule has 0 fully saturated rings. The Morgan fingerprint density at radius 1 is 1.28 bits per heavy atom. The molecule has 0 spiro atoms. The van der Waals surface area contributed by atoms with E-state index in [4.69, 9.17) is 0 Å². The molecule has 0 aliphatic rings. The van der Waals surface area contributed by atoms with Crippen molar-refractivity contribution in [2.24, 2.45) is 0 Å². The predicted molar refractivity (Wildman–Crippen MR) is 71.6 cm³/mol. The van der Waals surface area contributed by atoms with Crippen molar-refractivity contribution in [3.05, 3.63) is 30.6 Å². The van der Waals surface area contributed by atoms with Gasteiger partial charge in [0.25, 0.3) is 0 Å². The third kappa shape index (κ3) is 2.98. The summed E-state index contributed by atoms with van der Waals surface area (Å²) in [6.45, 7) is 10.2. The van der Waals surface area contributed by atoms with E-state index in [-0.39, 0.29) is 5.54 Å². The van der Waals surface area contributed by atoms with Gasteiger partial charge in [-0.3, -0.25) is 9.25 Å². The molecule has 2 heterocycles. The van der Waals surface area contributed by atoms with Crippen LogP contribution in [0.4, 0.5) is 0 Å². The van der Waals surface area contributed by atoms with Crippen LogP contribution in [0.15, 0.2) is 24.9 Å². The van der Waals surface area contributed by atoms with Crippen molar-refractivity contribution in [3.8, 4) is 5.69 Å². The van der Waals surface area contributed by atoms with Crippen LogP contribution in [0.1, 0.15) is 33.4 Å². The van der Waals surface area contributed by atoms with Gasteiger partial charge in [-0.1, -0.05) is 0 Å². The quantitative estimate of drug-likeness (QED) is 0.898. The van der Waals surface area contributed by atoms with Crippen LogP contribution in [0, 0.1) is 0 Å². The lowest BCUT2D eigenvalue weighted by atomic mass is 10.1. The summed E-state index contributed by atoms with van der Waals surface area (Å²) in [5, 5.41) is 7.76. The third-order valence-corrected chi connectivity index (χ3v) is 2.74. The Hall–Kier alpha value is -1.62. The maximum absolute atomic E-state index is 4.29. The van der Waals surface area contributed by atoms with Crippen LogP contribution in [-0.2, 0) is 13.1 Å². The Bertz CT molecular complexity index is 503. The second-order valence-electron chi connectivity index (χ2n) is 5.41. The van der Waals surface area contributed by atoms with Crippen molar-refractivity contribution in [2.45, 2.75) is 46.3 Å². The zero-order valence-corrected chi connectivity index (χ0v) is 11.5. The van der Waals surface area contributed by atoms with Crippen molar-refractivity contribution in [1.82, 2.24) is 24.6 Å². The first kappa shape index (κ1) is 12.8. The van der Waals surface area contributed by atoms with Gasteiger partial charge in [-0.05, 0) is 27.7 Å². The first-order chi connectivity index (χ1) is 8.49. The van der Waals surface area contributed by atoms with E-state index < -0.39 is 0 Å². The van der Waals surface area contributed by atoms with Crippen molar-refractivity contribution in [3.63, 3.8) is 0 Å². The Balaban J connectivity index is 2.17. The lowest BCUT2D eigenvalue weighted by Crippen LogP contribution is -2.35. The highest BCUT2D eigenvalue weighted by Crippen LogP contribution is 2.11. The molecule has 2 aromatic rings. The normalized spacial score (nSPS) is 12.0. The van der Waals surface area contributed by atoms with E-state index in [0.29, 0.717) is 0 Å². The highest BCUT2D eigenvalue weighted by molar-refractivity contribution is 5.28. The summed E-state index contributed by atoms with van der Waals surface area (Å²) in [6, 6.07) is 0. The van der Waals surface area contributed by atoms with Crippen LogP contribution in [0.25, 0.3) is 5.69 Å². The fraction of sp³-hybridized carbons (Fsp3) is 0.538. The van der Waals surface area contributed by atoms with Gasteiger partial charge in [-0.2, -0.15) is 5.10 Å². The topological polar surface area (TPSA) is 47.7 Å². The van der Waals surface area contributed by atoms with E-state index in [9.17, 15) is 0 Å². The van der Waals surface area contributed by atoms with E-state index in [0.717, 1.165) is 24.5 Å². The number of imidazole rings is 1. The van der Waals surface area contributed by atoms with Crippen molar-refractivity contribution in [2.75, 3.05) is 0 Å². The Morgan fingerprint density at radius 2 is 2.06 bits per heavy atom. The van der Waals surface area contributed by atoms with Gasteiger partial charge >= 0.3 is 0 Å². The second kappa shape index (κ2) is 4.94. The number of rotatable bonds is 4. The molecule has 0 radical (unpaired) electrons. The molecule has 2 aromatic heterocycles. The number of hydrogen-bond donors (Lipinski definition) is 1. The average molecular weight is 247 g/mol. The van der Waals surface area contributed by atoms with E-state index in [2.05, 4.69) is 47.7 Å². The largest absolute Gasteiger partial charge is 0.306 e. The van der Waals surface area contributed by atoms with Crippen LogP contribution >= 0.6 is 0 Å². The maximum atomic E-state index is 4.29. The summed E-state index contributed by atoms with van der Waals surface area (Å²) >= 11 is 0. The molecule has 0 saturated heterocycles. The molecule has 0 bridgehead atoms. The number of aromatic nitrogens is 4. The van der Waals surface area contributed by atoms with E-state index in [1.165, 1.54) is 0 Å². The van der Waals surface area contributed by atoms with Crippen molar-refractivity contribution >= 4 is 0 Å². The molecule has 0 amide bonds. The summed E-state index contributed by atoms with van der Waals surface area (Å²) in [4.78, 5) is 4.22. The highest BCUT2D eigenvalue weighted by atomic mass is 15.3. The monoisotopic (exact) mass is 247 g/mol. The second-order valence-corrected chi connectivity index (χ2v) is 5.41. The average Bonchev–Trinajstić information content (AvgIpc) is 2.93. The Kier molecular flexibility index (Phi) is 3.52. The van der Waals surface area contributed by atoms with Gasteiger partial charge < -0.3 is 5.32 Å². The summed E-state index contributed by atoms with van der Waals surface area (Å²) < 4.78 is 3.98. The molecule has 0 aliphatic carbocycles. The van der Waals surface area contributed by atoms with Crippen LogP contribution in [0.5, 0.6) is 0 Å².